The van der Waals surface area contributed by atoms with E-state index in [9.17, 15) is 0 Å². The van der Waals surface area contributed by atoms with Crippen LogP contribution in [-0.4, -0.2) is 69.6 Å². The average Bonchev–Trinajstić information content (AvgIpc) is 2.13. The molecule has 3 heterocycles. The second kappa shape index (κ2) is 6.01. The maximum absolute atomic E-state index is 5.32. The molecule has 3 aliphatic rings. The van der Waals surface area contributed by atoms with Gasteiger partial charge in [-0.25, -0.2) is 0 Å². The summed E-state index contributed by atoms with van der Waals surface area (Å²) in [5.41, 5.74) is 0. The van der Waals surface area contributed by atoms with Crippen LogP contribution in [0.25, 0.3) is 0 Å². The van der Waals surface area contributed by atoms with Gasteiger partial charge in [-0.1, -0.05) is 0 Å². The van der Waals surface area contributed by atoms with Gasteiger partial charge in [-0.3, -0.25) is 0 Å². The number of hydrogen-bond donors (Lipinski definition) is 0. The Bertz CT molecular complexity index is 229. The summed E-state index contributed by atoms with van der Waals surface area (Å²) in [6.07, 6.45) is 0. The molecule has 3 rings (SSSR count). The molecule has 98 valence electrons. The molecule has 0 saturated carbocycles. The van der Waals surface area contributed by atoms with E-state index < -0.39 is 14.2 Å². The molecular formula is C10H18O3S3Sn. The Morgan fingerprint density at radius 3 is 1.18 bits per heavy atom. The van der Waals surface area contributed by atoms with Crippen molar-refractivity contribution in [1.82, 2.24) is 0 Å². The second-order valence-electron chi connectivity index (χ2n) is 4.69. The van der Waals surface area contributed by atoms with Crippen LogP contribution in [0.4, 0.5) is 0 Å². The van der Waals surface area contributed by atoms with E-state index in [2.05, 4.69) is 31.8 Å². The zero-order chi connectivity index (χ0) is 11.7. The predicted molar refractivity (Wildman–Crippen MR) is 78.2 cm³/mol. The van der Waals surface area contributed by atoms with E-state index in [1.165, 1.54) is 0 Å². The Labute approximate surface area is 115 Å². The molecule has 0 aromatic heterocycles. The summed E-state index contributed by atoms with van der Waals surface area (Å²) in [4.78, 5) is 2.57. The minimum atomic E-state index is -2.14. The first kappa shape index (κ1) is 13.7. The fraction of sp³-hybridized carbons (Fsp3) is 1.00. The summed E-state index contributed by atoms with van der Waals surface area (Å²) < 4.78 is 15.9. The predicted octanol–water partition coefficient (Wildman–Crippen LogP) is 1.95. The molecule has 0 aliphatic carbocycles. The summed E-state index contributed by atoms with van der Waals surface area (Å²) >= 11 is -2.14. The summed E-state index contributed by atoms with van der Waals surface area (Å²) in [6.45, 7) is 5.84. The van der Waals surface area contributed by atoms with Crippen molar-refractivity contribution in [2.45, 2.75) is 20.7 Å². The van der Waals surface area contributed by atoms with Crippen molar-refractivity contribution in [3.05, 3.63) is 0 Å². The molecule has 3 saturated heterocycles. The summed E-state index contributed by atoms with van der Waals surface area (Å²) in [6, 6.07) is 0. The van der Waals surface area contributed by atoms with Gasteiger partial charge in [0.05, 0.1) is 0 Å². The molecule has 0 radical (unpaired) electrons. The standard InChI is InChI=1S/3C3H6OS.CH3.Sn/c3*5-3-1-4-2-3;;/h3*3,5H,1-2H2;1H3;/q;;;;+3/p-3. The molecule has 7 heteroatoms. The quantitative estimate of drug-likeness (QED) is 0.632. The molecule has 0 spiro atoms. The van der Waals surface area contributed by atoms with E-state index >= 15 is 0 Å². The third-order valence-corrected chi connectivity index (χ3v) is 37.2. The van der Waals surface area contributed by atoms with Crippen LogP contribution in [-0.2, 0) is 14.2 Å². The molecule has 3 fully saturated rings. The second-order valence-corrected chi connectivity index (χ2v) is 40.0. The van der Waals surface area contributed by atoms with Crippen LogP contribution in [0, 0.1) is 0 Å². The first-order valence-corrected chi connectivity index (χ1v) is 22.0. The summed E-state index contributed by atoms with van der Waals surface area (Å²) in [7, 11) is 6.87. The van der Waals surface area contributed by atoms with Crippen LogP contribution in [0.1, 0.15) is 0 Å². The topological polar surface area (TPSA) is 27.7 Å². The van der Waals surface area contributed by atoms with Crippen LogP contribution >= 0.6 is 26.8 Å². The van der Waals surface area contributed by atoms with Gasteiger partial charge in [-0.2, -0.15) is 0 Å². The van der Waals surface area contributed by atoms with Gasteiger partial charge in [0, 0.05) is 0 Å². The Morgan fingerprint density at radius 2 is 1.00 bits per heavy atom. The molecule has 17 heavy (non-hydrogen) atoms. The van der Waals surface area contributed by atoms with Gasteiger partial charge in [-0.05, 0) is 0 Å². The summed E-state index contributed by atoms with van der Waals surface area (Å²) in [5, 5.41) is 2.33. The van der Waals surface area contributed by atoms with Crippen molar-refractivity contribution in [2.75, 3.05) is 39.6 Å². The van der Waals surface area contributed by atoms with Crippen LogP contribution in [0.15, 0.2) is 0 Å². The minimum absolute atomic E-state index is 0.776. The molecule has 0 amide bonds. The summed E-state index contributed by atoms with van der Waals surface area (Å²) in [5.74, 6) is 0. The van der Waals surface area contributed by atoms with Gasteiger partial charge in [-0.15, -0.1) is 0 Å². The molecular weight excluding hydrogens is 383 g/mol. The monoisotopic (exact) mass is 402 g/mol. The van der Waals surface area contributed by atoms with Crippen LogP contribution in [0.2, 0.25) is 4.94 Å². The Kier molecular flexibility index (Phi) is 4.84. The molecule has 0 unspecified atom stereocenters. The van der Waals surface area contributed by atoms with Gasteiger partial charge in [0.25, 0.3) is 0 Å². The van der Waals surface area contributed by atoms with Crippen molar-refractivity contribution in [1.29, 1.82) is 0 Å². The SMILES string of the molecule is [CH3][Sn]([S]C1COC1)([S]C1COC1)[S]C1COC1. The van der Waals surface area contributed by atoms with Crippen molar-refractivity contribution in [3.63, 3.8) is 0 Å². The van der Waals surface area contributed by atoms with Crippen molar-refractivity contribution in [2.24, 2.45) is 0 Å². The van der Waals surface area contributed by atoms with E-state index in [1.54, 1.807) is 0 Å². The van der Waals surface area contributed by atoms with Gasteiger partial charge < -0.3 is 0 Å². The molecule has 0 N–H and O–H groups in total. The zero-order valence-electron chi connectivity index (χ0n) is 9.92. The Hall–Kier alpha value is 1.73. The first-order valence-electron chi connectivity index (χ1n) is 6.00. The van der Waals surface area contributed by atoms with E-state index in [4.69, 9.17) is 14.2 Å². The fourth-order valence-corrected chi connectivity index (χ4v) is 45.1. The van der Waals surface area contributed by atoms with Gasteiger partial charge in [0.15, 0.2) is 0 Å². The van der Waals surface area contributed by atoms with E-state index in [1.807, 2.05) is 0 Å². The molecule has 0 aromatic rings. The molecule has 0 aromatic carbocycles. The van der Waals surface area contributed by atoms with Crippen LogP contribution in [0.5, 0.6) is 0 Å². The van der Waals surface area contributed by atoms with Crippen molar-refractivity contribution in [3.8, 4) is 0 Å². The number of hydrogen-bond acceptors (Lipinski definition) is 6. The average molecular weight is 401 g/mol. The third kappa shape index (κ3) is 3.64. The number of rotatable bonds is 6. The van der Waals surface area contributed by atoms with Crippen molar-refractivity contribution < 1.29 is 14.2 Å². The van der Waals surface area contributed by atoms with Crippen LogP contribution < -0.4 is 0 Å². The van der Waals surface area contributed by atoms with Gasteiger partial charge in [0.1, 0.15) is 0 Å². The van der Waals surface area contributed by atoms with Crippen LogP contribution in [0.3, 0.4) is 0 Å². The third-order valence-electron chi connectivity index (χ3n) is 2.96. The molecule has 0 atom stereocenters. The Morgan fingerprint density at radius 1 is 0.706 bits per heavy atom. The Balaban J connectivity index is 1.55. The van der Waals surface area contributed by atoms with Crippen molar-refractivity contribution >= 4 is 41.1 Å². The van der Waals surface area contributed by atoms with Gasteiger partial charge >= 0.3 is 116 Å². The van der Waals surface area contributed by atoms with E-state index in [-0.39, 0.29) is 0 Å². The number of ether oxygens (including phenoxy) is 3. The maximum atomic E-state index is 5.32. The molecule has 3 aliphatic heterocycles. The van der Waals surface area contributed by atoms with E-state index in [0.29, 0.717) is 0 Å². The molecule has 0 bridgehead atoms. The first-order chi connectivity index (χ1) is 8.23. The van der Waals surface area contributed by atoms with E-state index in [0.717, 1.165) is 55.4 Å². The molecule has 3 nitrogen and oxygen atoms in total. The normalized spacial score (nSPS) is 27.4. The van der Waals surface area contributed by atoms with Gasteiger partial charge in [0.2, 0.25) is 0 Å². The zero-order valence-corrected chi connectivity index (χ0v) is 15.2. The fourth-order valence-electron chi connectivity index (χ4n) is 1.84.